The number of carbonyl (C=O) groups excluding carboxylic acids is 1. The lowest BCUT2D eigenvalue weighted by molar-refractivity contribution is -0.159. The summed E-state index contributed by atoms with van der Waals surface area (Å²) in [5, 5.41) is 0. The van der Waals surface area contributed by atoms with Gasteiger partial charge in [0.2, 0.25) is 0 Å². The molecule has 0 saturated heterocycles. The molecule has 2 nitrogen and oxygen atoms in total. The predicted octanol–water partition coefficient (Wildman–Crippen LogP) is 4.08. The van der Waals surface area contributed by atoms with Gasteiger partial charge in [-0.1, -0.05) is 33.6 Å². The van der Waals surface area contributed by atoms with Crippen LogP contribution >= 0.6 is 0 Å². The molecule has 0 spiro atoms. The van der Waals surface area contributed by atoms with Crippen LogP contribution in [0.2, 0.25) is 0 Å². The molecule has 0 fully saturated rings. The van der Waals surface area contributed by atoms with Gasteiger partial charge in [0.15, 0.2) is 0 Å². The quantitative estimate of drug-likeness (QED) is 0.569. The van der Waals surface area contributed by atoms with Crippen LogP contribution in [0.1, 0.15) is 72.6 Å². The Hall–Kier alpha value is -0.530. The van der Waals surface area contributed by atoms with Gasteiger partial charge in [-0.15, -0.1) is 0 Å². The minimum absolute atomic E-state index is 0.135. The molecule has 0 aliphatic heterocycles. The molecule has 15 heavy (non-hydrogen) atoms. The molecular weight excluding hydrogens is 188 g/mol. The second kappa shape index (κ2) is 7.72. The molecule has 0 saturated carbocycles. The van der Waals surface area contributed by atoms with E-state index in [1.165, 1.54) is 6.92 Å². The first-order chi connectivity index (χ1) is 7.10. The second-order valence-electron chi connectivity index (χ2n) is 4.34. The third-order valence-corrected chi connectivity index (χ3v) is 2.98. The van der Waals surface area contributed by atoms with Crippen LogP contribution in [0.3, 0.4) is 0 Å². The fraction of sp³-hybridized carbons (Fsp3) is 0.923. The highest BCUT2D eigenvalue weighted by molar-refractivity contribution is 5.66. The van der Waals surface area contributed by atoms with E-state index in [0.717, 1.165) is 44.9 Å². The second-order valence-corrected chi connectivity index (χ2v) is 4.34. The molecule has 0 aromatic rings. The summed E-state index contributed by atoms with van der Waals surface area (Å²) in [5.74, 6) is -0.135. The van der Waals surface area contributed by atoms with Crippen molar-refractivity contribution in [1.82, 2.24) is 0 Å². The van der Waals surface area contributed by atoms with E-state index in [4.69, 9.17) is 4.74 Å². The van der Waals surface area contributed by atoms with Gasteiger partial charge in [0.05, 0.1) is 0 Å². The fourth-order valence-corrected chi connectivity index (χ4v) is 1.96. The molecule has 0 amide bonds. The maximum Gasteiger partial charge on any atom is 0.303 e. The molecular formula is C13H26O2. The molecule has 0 aromatic carbocycles. The van der Waals surface area contributed by atoms with E-state index in [1.54, 1.807) is 0 Å². The van der Waals surface area contributed by atoms with E-state index < -0.39 is 0 Å². The van der Waals surface area contributed by atoms with Crippen LogP contribution in [-0.2, 0) is 9.53 Å². The molecule has 0 heterocycles. The van der Waals surface area contributed by atoms with E-state index in [0.29, 0.717) is 0 Å². The van der Waals surface area contributed by atoms with Crippen LogP contribution < -0.4 is 0 Å². The molecule has 90 valence electrons. The largest absolute Gasteiger partial charge is 0.459 e. The number of hydrogen-bond acceptors (Lipinski definition) is 2. The van der Waals surface area contributed by atoms with Crippen molar-refractivity contribution in [3.05, 3.63) is 0 Å². The van der Waals surface area contributed by atoms with Gasteiger partial charge in [-0.25, -0.2) is 0 Å². The van der Waals surface area contributed by atoms with Crippen molar-refractivity contribution in [1.29, 1.82) is 0 Å². The fourth-order valence-electron chi connectivity index (χ4n) is 1.96. The van der Waals surface area contributed by atoms with Crippen LogP contribution in [0.15, 0.2) is 0 Å². The van der Waals surface area contributed by atoms with Crippen LogP contribution in [0.25, 0.3) is 0 Å². The first-order valence-electron chi connectivity index (χ1n) is 6.29. The van der Waals surface area contributed by atoms with E-state index in [9.17, 15) is 4.79 Å². The maximum atomic E-state index is 11.1. The Kier molecular flexibility index (Phi) is 7.45. The molecule has 0 radical (unpaired) electrons. The van der Waals surface area contributed by atoms with Crippen molar-refractivity contribution in [2.24, 2.45) is 0 Å². The number of rotatable bonds is 8. The molecule has 0 bridgehead atoms. The van der Waals surface area contributed by atoms with Gasteiger partial charge in [-0.2, -0.15) is 0 Å². The van der Waals surface area contributed by atoms with E-state index >= 15 is 0 Å². The Morgan fingerprint density at radius 3 is 1.80 bits per heavy atom. The molecule has 0 aliphatic carbocycles. The van der Waals surface area contributed by atoms with E-state index in [1.807, 2.05) is 0 Å². The van der Waals surface area contributed by atoms with Crippen molar-refractivity contribution in [2.45, 2.75) is 78.2 Å². The maximum absolute atomic E-state index is 11.1. The average Bonchev–Trinajstić information content (AvgIpc) is 2.22. The molecule has 0 aromatic heterocycles. The van der Waals surface area contributed by atoms with E-state index in [-0.39, 0.29) is 11.6 Å². The highest BCUT2D eigenvalue weighted by atomic mass is 16.6. The number of unbranched alkanes of at least 4 members (excludes halogenated alkanes) is 2. The number of esters is 1. The molecule has 0 N–H and O–H groups in total. The van der Waals surface area contributed by atoms with Crippen LogP contribution in [0.5, 0.6) is 0 Å². The molecule has 0 rings (SSSR count). The standard InChI is InChI=1S/C13H26O2/c1-5-8-10-13(7-3,11-9-6-2)15-12(4)14/h5-11H2,1-4H3. The summed E-state index contributed by atoms with van der Waals surface area (Å²) in [4.78, 5) is 11.1. The lowest BCUT2D eigenvalue weighted by Crippen LogP contribution is -2.33. The minimum atomic E-state index is -0.183. The average molecular weight is 214 g/mol. The molecule has 0 unspecified atom stereocenters. The minimum Gasteiger partial charge on any atom is -0.459 e. The summed E-state index contributed by atoms with van der Waals surface area (Å²) in [6.45, 7) is 7.98. The first kappa shape index (κ1) is 14.5. The van der Waals surface area contributed by atoms with Gasteiger partial charge in [-0.05, 0) is 32.1 Å². The third-order valence-electron chi connectivity index (χ3n) is 2.98. The zero-order valence-corrected chi connectivity index (χ0v) is 10.8. The van der Waals surface area contributed by atoms with Crippen molar-refractivity contribution in [2.75, 3.05) is 0 Å². The molecule has 2 heteroatoms. The highest BCUT2D eigenvalue weighted by Gasteiger charge is 2.29. The molecule has 0 aliphatic rings. The Bertz CT molecular complexity index is 167. The summed E-state index contributed by atoms with van der Waals surface area (Å²) >= 11 is 0. The Labute approximate surface area is 94.4 Å². The smallest absolute Gasteiger partial charge is 0.303 e. The predicted molar refractivity (Wildman–Crippen MR) is 63.8 cm³/mol. The lowest BCUT2D eigenvalue weighted by Gasteiger charge is -2.32. The Morgan fingerprint density at radius 1 is 1.07 bits per heavy atom. The number of carbonyl (C=O) groups is 1. The number of ether oxygens (including phenoxy) is 1. The van der Waals surface area contributed by atoms with Gasteiger partial charge in [-0.3, -0.25) is 4.79 Å². The normalized spacial score (nSPS) is 11.5. The number of hydrogen-bond donors (Lipinski definition) is 0. The van der Waals surface area contributed by atoms with Gasteiger partial charge < -0.3 is 4.74 Å². The van der Waals surface area contributed by atoms with Crippen LogP contribution in [0.4, 0.5) is 0 Å². The highest BCUT2D eigenvalue weighted by Crippen LogP contribution is 2.29. The summed E-state index contributed by atoms with van der Waals surface area (Å²) < 4.78 is 5.55. The van der Waals surface area contributed by atoms with Crippen molar-refractivity contribution in [3.8, 4) is 0 Å². The summed E-state index contributed by atoms with van der Waals surface area (Å²) in [5.41, 5.74) is -0.183. The monoisotopic (exact) mass is 214 g/mol. The first-order valence-corrected chi connectivity index (χ1v) is 6.29. The van der Waals surface area contributed by atoms with Gasteiger partial charge in [0.1, 0.15) is 5.60 Å². The Morgan fingerprint density at radius 2 is 1.53 bits per heavy atom. The van der Waals surface area contributed by atoms with Crippen LogP contribution in [-0.4, -0.2) is 11.6 Å². The molecule has 0 atom stereocenters. The summed E-state index contributed by atoms with van der Waals surface area (Å²) in [6.07, 6.45) is 7.58. The van der Waals surface area contributed by atoms with Crippen molar-refractivity contribution < 1.29 is 9.53 Å². The summed E-state index contributed by atoms with van der Waals surface area (Å²) in [7, 11) is 0. The SMILES string of the molecule is CCCCC(CC)(CCCC)OC(C)=O. The van der Waals surface area contributed by atoms with Gasteiger partial charge in [0.25, 0.3) is 0 Å². The van der Waals surface area contributed by atoms with Crippen molar-refractivity contribution in [3.63, 3.8) is 0 Å². The van der Waals surface area contributed by atoms with Gasteiger partial charge >= 0.3 is 5.97 Å². The third kappa shape index (κ3) is 5.81. The van der Waals surface area contributed by atoms with Gasteiger partial charge in [0, 0.05) is 6.92 Å². The van der Waals surface area contributed by atoms with E-state index in [2.05, 4.69) is 20.8 Å². The van der Waals surface area contributed by atoms with Crippen molar-refractivity contribution >= 4 is 5.97 Å². The zero-order chi connectivity index (χ0) is 11.7. The van der Waals surface area contributed by atoms with Crippen LogP contribution in [0, 0.1) is 0 Å². The topological polar surface area (TPSA) is 26.3 Å². The Balaban J connectivity index is 4.36. The lowest BCUT2D eigenvalue weighted by atomic mass is 9.88. The summed E-state index contributed by atoms with van der Waals surface area (Å²) in [6, 6.07) is 0. The zero-order valence-electron chi connectivity index (χ0n) is 10.8.